The first kappa shape index (κ1) is 15.2. The number of Topliss-reactive ketones (excluding diaryl/α,β-unsaturated/α-hetero) is 1. The Kier molecular flexibility index (Phi) is 3.64. The van der Waals surface area contributed by atoms with Gasteiger partial charge in [0.15, 0.2) is 11.9 Å². The van der Waals surface area contributed by atoms with E-state index in [0.717, 1.165) is 0 Å². The standard InChI is InChI=1S/C18H18O5/c1-9-15(20)10(2)17-13(16(9)21)8-14(19)18(23-17)11-4-6-12(22-3)7-5-11/h4-7,18,20-21H,8H2,1-3H3. The number of ketones is 1. The maximum atomic E-state index is 12.4. The van der Waals surface area contributed by atoms with Crippen LogP contribution in [0.5, 0.6) is 23.0 Å². The summed E-state index contributed by atoms with van der Waals surface area (Å²) in [6, 6.07) is 7.07. The average molecular weight is 314 g/mol. The van der Waals surface area contributed by atoms with Gasteiger partial charge in [0.25, 0.3) is 0 Å². The monoisotopic (exact) mass is 314 g/mol. The molecule has 3 rings (SSSR count). The molecule has 5 nitrogen and oxygen atoms in total. The minimum absolute atomic E-state index is 0.0101. The number of phenolic OH excluding ortho intramolecular Hbond substituents is 2. The van der Waals surface area contributed by atoms with E-state index in [4.69, 9.17) is 9.47 Å². The highest BCUT2D eigenvalue weighted by molar-refractivity contribution is 5.90. The summed E-state index contributed by atoms with van der Waals surface area (Å²) in [7, 11) is 1.57. The molecule has 0 aliphatic carbocycles. The zero-order valence-electron chi connectivity index (χ0n) is 13.2. The molecule has 1 atom stereocenters. The predicted molar refractivity (Wildman–Crippen MR) is 84.3 cm³/mol. The Labute approximate surface area is 134 Å². The molecule has 1 heterocycles. The maximum absolute atomic E-state index is 12.4. The normalized spacial score (nSPS) is 16.7. The van der Waals surface area contributed by atoms with Crippen LogP contribution in [0.4, 0.5) is 0 Å². The topological polar surface area (TPSA) is 76.0 Å². The Hall–Kier alpha value is -2.69. The van der Waals surface area contributed by atoms with Gasteiger partial charge >= 0.3 is 0 Å². The quantitative estimate of drug-likeness (QED) is 0.891. The second-order valence-electron chi connectivity index (χ2n) is 5.67. The highest BCUT2D eigenvalue weighted by Crippen LogP contribution is 2.46. The van der Waals surface area contributed by atoms with Crippen LogP contribution in [0, 0.1) is 13.8 Å². The molecule has 2 aromatic carbocycles. The van der Waals surface area contributed by atoms with Gasteiger partial charge in [0, 0.05) is 28.7 Å². The molecule has 2 N–H and O–H groups in total. The third-order valence-corrected chi connectivity index (χ3v) is 4.26. The van der Waals surface area contributed by atoms with E-state index in [1.807, 2.05) is 0 Å². The highest BCUT2D eigenvalue weighted by Gasteiger charge is 2.34. The van der Waals surface area contributed by atoms with Crippen LogP contribution in [0.15, 0.2) is 24.3 Å². The lowest BCUT2D eigenvalue weighted by atomic mass is 9.92. The first-order chi connectivity index (χ1) is 10.9. The number of benzene rings is 2. The number of methoxy groups -OCH3 is 1. The molecule has 0 amide bonds. The SMILES string of the molecule is COc1ccc(C2Oc3c(C)c(O)c(C)c(O)c3CC2=O)cc1. The van der Waals surface area contributed by atoms with Crippen molar-refractivity contribution in [2.45, 2.75) is 26.4 Å². The number of carbonyl (C=O) groups is 1. The third-order valence-electron chi connectivity index (χ3n) is 4.26. The Morgan fingerprint density at radius 1 is 1.09 bits per heavy atom. The van der Waals surface area contributed by atoms with Crippen LogP contribution >= 0.6 is 0 Å². The molecule has 0 bridgehead atoms. The van der Waals surface area contributed by atoms with Gasteiger partial charge in [-0.15, -0.1) is 0 Å². The molecular weight excluding hydrogens is 296 g/mol. The fourth-order valence-corrected chi connectivity index (χ4v) is 2.87. The lowest BCUT2D eigenvalue weighted by molar-refractivity contribution is -0.126. The van der Waals surface area contributed by atoms with Crippen molar-refractivity contribution in [1.29, 1.82) is 0 Å². The number of aromatic hydroxyl groups is 2. The van der Waals surface area contributed by atoms with E-state index >= 15 is 0 Å². The summed E-state index contributed by atoms with van der Waals surface area (Å²) in [5.41, 5.74) is 2.04. The van der Waals surface area contributed by atoms with Crippen molar-refractivity contribution in [1.82, 2.24) is 0 Å². The Morgan fingerprint density at radius 3 is 2.35 bits per heavy atom. The first-order valence-corrected chi connectivity index (χ1v) is 7.31. The molecule has 1 aliphatic heterocycles. The Balaban J connectivity index is 2.04. The van der Waals surface area contributed by atoms with Gasteiger partial charge < -0.3 is 19.7 Å². The van der Waals surface area contributed by atoms with Gasteiger partial charge in [-0.2, -0.15) is 0 Å². The van der Waals surface area contributed by atoms with Crippen LogP contribution in [-0.2, 0) is 11.2 Å². The van der Waals surface area contributed by atoms with Gasteiger partial charge in [-0.25, -0.2) is 0 Å². The van der Waals surface area contributed by atoms with E-state index in [2.05, 4.69) is 0 Å². The van der Waals surface area contributed by atoms with Crippen molar-refractivity contribution in [3.8, 4) is 23.0 Å². The van der Waals surface area contributed by atoms with Crippen molar-refractivity contribution < 1.29 is 24.5 Å². The molecule has 23 heavy (non-hydrogen) atoms. The first-order valence-electron chi connectivity index (χ1n) is 7.31. The summed E-state index contributed by atoms with van der Waals surface area (Å²) in [6.45, 7) is 3.32. The maximum Gasteiger partial charge on any atom is 0.182 e. The number of fused-ring (bicyclic) bond motifs is 1. The van der Waals surface area contributed by atoms with Crippen molar-refractivity contribution >= 4 is 5.78 Å². The van der Waals surface area contributed by atoms with Crippen LogP contribution in [0.25, 0.3) is 0 Å². The summed E-state index contributed by atoms with van der Waals surface area (Å²) in [6.07, 6.45) is -0.687. The minimum Gasteiger partial charge on any atom is -0.507 e. The van der Waals surface area contributed by atoms with E-state index in [-0.39, 0.29) is 23.7 Å². The van der Waals surface area contributed by atoms with Crippen molar-refractivity contribution in [3.63, 3.8) is 0 Å². The molecule has 0 saturated heterocycles. The molecule has 1 aliphatic rings. The fourth-order valence-electron chi connectivity index (χ4n) is 2.87. The van der Waals surface area contributed by atoms with Gasteiger partial charge in [0.1, 0.15) is 23.0 Å². The fraction of sp³-hybridized carbons (Fsp3) is 0.278. The van der Waals surface area contributed by atoms with E-state index in [9.17, 15) is 15.0 Å². The molecule has 0 aromatic heterocycles. The van der Waals surface area contributed by atoms with Crippen molar-refractivity contribution in [2.24, 2.45) is 0 Å². The van der Waals surface area contributed by atoms with E-state index in [1.165, 1.54) is 0 Å². The average Bonchev–Trinajstić information content (AvgIpc) is 2.58. The molecule has 0 spiro atoms. The van der Waals surface area contributed by atoms with Gasteiger partial charge in [-0.05, 0) is 26.0 Å². The summed E-state index contributed by atoms with van der Waals surface area (Å²) >= 11 is 0. The molecular formula is C18H18O5. The number of rotatable bonds is 2. The van der Waals surface area contributed by atoms with Crippen LogP contribution in [0.2, 0.25) is 0 Å². The van der Waals surface area contributed by atoms with Gasteiger partial charge in [0.2, 0.25) is 0 Å². The smallest absolute Gasteiger partial charge is 0.182 e. The second-order valence-corrected chi connectivity index (χ2v) is 5.67. The lowest BCUT2D eigenvalue weighted by Crippen LogP contribution is -2.26. The lowest BCUT2D eigenvalue weighted by Gasteiger charge is -2.28. The van der Waals surface area contributed by atoms with Gasteiger partial charge in [-0.3, -0.25) is 4.79 Å². The van der Waals surface area contributed by atoms with E-state index in [1.54, 1.807) is 45.2 Å². The molecule has 5 heteroatoms. The summed E-state index contributed by atoms with van der Waals surface area (Å²) in [5.74, 6) is 0.849. The predicted octanol–water partition coefficient (Wildman–Crippen LogP) is 2.97. The van der Waals surface area contributed by atoms with E-state index in [0.29, 0.717) is 33.8 Å². The molecule has 2 aromatic rings. The Morgan fingerprint density at radius 2 is 1.74 bits per heavy atom. The van der Waals surface area contributed by atoms with Gasteiger partial charge in [-0.1, -0.05) is 12.1 Å². The van der Waals surface area contributed by atoms with Crippen LogP contribution in [0.1, 0.15) is 28.4 Å². The van der Waals surface area contributed by atoms with Crippen LogP contribution < -0.4 is 9.47 Å². The van der Waals surface area contributed by atoms with Crippen LogP contribution in [0.3, 0.4) is 0 Å². The number of phenols is 2. The number of hydrogen-bond donors (Lipinski definition) is 2. The third kappa shape index (κ3) is 2.38. The van der Waals surface area contributed by atoms with Crippen molar-refractivity contribution in [3.05, 3.63) is 46.5 Å². The van der Waals surface area contributed by atoms with E-state index < -0.39 is 6.10 Å². The highest BCUT2D eigenvalue weighted by atomic mass is 16.5. The zero-order valence-corrected chi connectivity index (χ0v) is 13.2. The molecule has 1 unspecified atom stereocenters. The zero-order chi connectivity index (χ0) is 16.7. The summed E-state index contributed by atoms with van der Waals surface area (Å²) < 4.78 is 11.0. The van der Waals surface area contributed by atoms with Gasteiger partial charge in [0.05, 0.1) is 7.11 Å². The molecule has 0 radical (unpaired) electrons. The molecule has 0 fully saturated rings. The van der Waals surface area contributed by atoms with Crippen LogP contribution in [-0.4, -0.2) is 23.1 Å². The largest absolute Gasteiger partial charge is 0.507 e. The molecule has 120 valence electrons. The Bertz CT molecular complexity index is 777. The van der Waals surface area contributed by atoms with Crippen molar-refractivity contribution in [2.75, 3.05) is 7.11 Å². The number of ether oxygens (including phenoxy) is 2. The summed E-state index contributed by atoms with van der Waals surface area (Å²) in [4.78, 5) is 12.4. The number of hydrogen-bond acceptors (Lipinski definition) is 5. The summed E-state index contributed by atoms with van der Waals surface area (Å²) in [5, 5.41) is 20.3. The molecule has 0 saturated carbocycles. The number of carbonyl (C=O) groups excluding carboxylic acids is 1. The minimum atomic E-state index is -0.756. The second kappa shape index (κ2) is 5.50.